The maximum atomic E-state index is 13.4. The van der Waals surface area contributed by atoms with Crippen LogP contribution in [0, 0.1) is 0 Å². The molecule has 3 rings (SSSR count). The van der Waals surface area contributed by atoms with E-state index in [0.29, 0.717) is 0 Å². The molecule has 0 aromatic carbocycles. The molecule has 1 aromatic heterocycles. The van der Waals surface area contributed by atoms with Crippen LogP contribution in [0.2, 0.25) is 0 Å². The van der Waals surface area contributed by atoms with E-state index in [9.17, 15) is 4.79 Å². The number of nitrogens with one attached hydrogen (secondary N) is 1. The highest BCUT2D eigenvalue weighted by molar-refractivity contribution is 5.86. The van der Waals surface area contributed by atoms with Gasteiger partial charge in [-0.1, -0.05) is 38.7 Å². The fraction of sp³-hybridized carbons (Fsp3) is 0.700. The quantitative estimate of drug-likeness (QED) is 0.893. The van der Waals surface area contributed by atoms with Gasteiger partial charge in [0.15, 0.2) is 0 Å². The zero-order valence-electron chi connectivity index (χ0n) is 15.0. The maximum absolute atomic E-state index is 13.4. The monoisotopic (exact) mass is 329 g/mol. The largest absolute Gasteiger partial charge is 0.348 e. The van der Waals surface area contributed by atoms with Crippen LogP contribution in [0.4, 0.5) is 0 Å². The van der Waals surface area contributed by atoms with E-state index in [2.05, 4.69) is 28.2 Å². The predicted molar refractivity (Wildman–Crippen MR) is 96.7 cm³/mol. The summed E-state index contributed by atoms with van der Waals surface area (Å²) >= 11 is 0. The molecule has 1 amide bonds. The molecular formula is C20H31N3O. The van der Waals surface area contributed by atoms with Crippen LogP contribution < -0.4 is 5.32 Å². The Kier molecular flexibility index (Phi) is 5.88. The molecule has 0 spiro atoms. The predicted octanol–water partition coefficient (Wildman–Crippen LogP) is 3.84. The second kappa shape index (κ2) is 8.11. The molecular weight excluding hydrogens is 298 g/mol. The van der Waals surface area contributed by atoms with E-state index in [4.69, 9.17) is 0 Å². The van der Waals surface area contributed by atoms with Crippen molar-refractivity contribution in [2.45, 2.75) is 76.3 Å². The van der Waals surface area contributed by atoms with Crippen LogP contribution in [-0.2, 0) is 4.79 Å². The molecule has 0 radical (unpaired) electrons. The molecule has 1 atom stereocenters. The van der Waals surface area contributed by atoms with E-state index in [0.717, 1.165) is 37.9 Å². The van der Waals surface area contributed by atoms with Crippen molar-refractivity contribution in [1.82, 2.24) is 15.2 Å². The standard InChI is InChI=1S/C20H31N3O/c1-2-18(17-10-9-13-21-16-17)22-19(24)20(11-5-3-6-12-20)23-14-7-4-8-15-23/h9-10,13,16,18H,2-8,11-12,14-15H2,1H3,(H,22,24). The number of hydrogen-bond donors (Lipinski definition) is 1. The molecule has 1 saturated carbocycles. The number of carbonyl (C=O) groups excluding carboxylic acids is 1. The molecule has 4 heteroatoms. The summed E-state index contributed by atoms with van der Waals surface area (Å²) < 4.78 is 0. The smallest absolute Gasteiger partial charge is 0.241 e. The fourth-order valence-electron chi connectivity index (χ4n) is 4.44. The van der Waals surface area contributed by atoms with Gasteiger partial charge >= 0.3 is 0 Å². The average molecular weight is 329 g/mol. The topological polar surface area (TPSA) is 45.2 Å². The first-order chi connectivity index (χ1) is 11.8. The minimum atomic E-state index is -0.270. The Morgan fingerprint density at radius 1 is 1.21 bits per heavy atom. The molecule has 4 nitrogen and oxygen atoms in total. The van der Waals surface area contributed by atoms with E-state index < -0.39 is 0 Å². The van der Waals surface area contributed by atoms with Gasteiger partial charge in [-0.25, -0.2) is 0 Å². The number of amides is 1. The fourth-order valence-corrected chi connectivity index (χ4v) is 4.44. The van der Waals surface area contributed by atoms with Crippen LogP contribution in [0.5, 0.6) is 0 Å². The van der Waals surface area contributed by atoms with Crippen LogP contribution in [0.25, 0.3) is 0 Å². The molecule has 0 bridgehead atoms. The third-order valence-electron chi connectivity index (χ3n) is 5.87. The number of pyridine rings is 1. The van der Waals surface area contributed by atoms with E-state index in [1.807, 2.05) is 12.3 Å². The summed E-state index contributed by atoms with van der Waals surface area (Å²) in [5, 5.41) is 3.37. The Hall–Kier alpha value is -1.42. The Labute approximate surface area is 146 Å². The summed E-state index contributed by atoms with van der Waals surface area (Å²) in [7, 11) is 0. The van der Waals surface area contributed by atoms with Crippen molar-refractivity contribution in [3.05, 3.63) is 30.1 Å². The van der Waals surface area contributed by atoms with Gasteiger partial charge < -0.3 is 5.32 Å². The third-order valence-corrected chi connectivity index (χ3v) is 5.87. The van der Waals surface area contributed by atoms with Gasteiger partial charge in [-0.3, -0.25) is 14.7 Å². The lowest BCUT2D eigenvalue weighted by Gasteiger charge is -2.47. The molecule has 1 aliphatic heterocycles. The van der Waals surface area contributed by atoms with E-state index in [1.54, 1.807) is 6.20 Å². The number of likely N-dealkylation sites (tertiary alicyclic amines) is 1. The van der Waals surface area contributed by atoms with Gasteiger partial charge in [0.2, 0.25) is 5.91 Å². The number of rotatable bonds is 5. The second-order valence-electron chi connectivity index (χ2n) is 7.36. The summed E-state index contributed by atoms with van der Waals surface area (Å²) in [6.07, 6.45) is 14.0. The number of aromatic nitrogens is 1. The first kappa shape index (κ1) is 17.4. The Balaban J connectivity index is 1.77. The molecule has 1 saturated heterocycles. The molecule has 2 fully saturated rings. The SMILES string of the molecule is CCC(NC(=O)C1(N2CCCCC2)CCCCC1)c1cccnc1. The van der Waals surface area contributed by atoms with Gasteiger partial charge in [0.25, 0.3) is 0 Å². The highest BCUT2D eigenvalue weighted by Gasteiger charge is 2.45. The van der Waals surface area contributed by atoms with Crippen molar-refractivity contribution in [3.63, 3.8) is 0 Å². The van der Waals surface area contributed by atoms with Crippen LogP contribution in [0.1, 0.15) is 76.3 Å². The average Bonchev–Trinajstić information content (AvgIpc) is 2.67. The lowest BCUT2D eigenvalue weighted by molar-refractivity contribution is -0.138. The third kappa shape index (κ3) is 3.64. The molecule has 1 aliphatic carbocycles. The zero-order valence-corrected chi connectivity index (χ0v) is 15.0. The van der Waals surface area contributed by atoms with Crippen LogP contribution >= 0.6 is 0 Å². The summed E-state index contributed by atoms with van der Waals surface area (Å²) in [5.41, 5.74) is 0.840. The van der Waals surface area contributed by atoms with Crippen molar-refractivity contribution in [2.75, 3.05) is 13.1 Å². The summed E-state index contributed by atoms with van der Waals surface area (Å²) in [5.74, 6) is 0.250. The summed E-state index contributed by atoms with van der Waals surface area (Å²) in [6, 6.07) is 4.08. The highest BCUT2D eigenvalue weighted by atomic mass is 16.2. The van der Waals surface area contributed by atoms with Crippen molar-refractivity contribution in [3.8, 4) is 0 Å². The molecule has 2 heterocycles. The number of carbonyl (C=O) groups is 1. The van der Waals surface area contributed by atoms with Gasteiger partial charge in [0.05, 0.1) is 6.04 Å². The van der Waals surface area contributed by atoms with Gasteiger partial charge in [-0.2, -0.15) is 0 Å². The first-order valence-corrected chi connectivity index (χ1v) is 9.72. The normalized spacial score (nSPS) is 22.7. The maximum Gasteiger partial charge on any atom is 0.241 e. The number of hydrogen-bond acceptors (Lipinski definition) is 3. The van der Waals surface area contributed by atoms with E-state index in [-0.39, 0.29) is 17.5 Å². The van der Waals surface area contributed by atoms with Gasteiger partial charge in [0, 0.05) is 12.4 Å². The summed E-state index contributed by atoms with van der Waals surface area (Å²) in [4.78, 5) is 20.1. The Bertz CT molecular complexity index is 519. The first-order valence-electron chi connectivity index (χ1n) is 9.72. The van der Waals surface area contributed by atoms with E-state index >= 15 is 0 Å². The minimum Gasteiger partial charge on any atom is -0.348 e. The molecule has 2 aliphatic rings. The van der Waals surface area contributed by atoms with Gasteiger partial charge in [0.1, 0.15) is 5.54 Å². The van der Waals surface area contributed by atoms with Crippen molar-refractivity contribution < 1.29 is 4.79 Å². The van der Waals surface area contributed by atoms with E-state index in [1.165, 1.54) is 38.5 Å². The lowest BCUT2D eigenvalue weighted by Crippen LogP contribution is -2.61. The van der Waals surface area contributed by atoms with Gasteiger partial charge in [-0.15, -0.1) is 0 Å². The Morgan fingerprint density at radius 3 is 2.54 bits per heavy atom. The second-order valence-corrected chi connectivity index (χ2v) is 7.36. The molecule has 1 N–H and O–H groups in total. The van der Waals surface area contributed by atoms with Crippen molar-refractivity contribution in [2.24, 2.45) is 0 Å². The molecule has 132 valence electrons. The van der Waals surface area contributed by atoms with Crippen LogP contribution in [0.15, 0.2) is 24.5 Å². The minimum absolute atomic E-state index is 0.0646. The Morgan fingerprint density at radius 2 is 1.92 bits per heavy atom. The molecule has 1 unspecified atom stereocenters. The van der Waals surface area contributed by atoms with Crippen molar-refractivity contribution >= 4 is 5.91 Å². The molecule has 1 aromatic rings. The lowest BCUT2D eigenvalue weighted by atomic mass is 9.78. The van der Waals surface area contributed by atoms with Crippen LogP contribution in [-0.4, -0.2) is 34.4 Å². The number of nitrogens with zero attached hydrogens (tertiary/aromatic N) is 2. The van der Waals surface area contributed by atoms with Crippen LogP contribution in [0.3, 0.4) is 0 Å². The highest BCUT2D eigenvalue weighted by Crippen LogP contribution is 2.36. The zero-order chi connectivity index (χ0) is 16.8. The van der Waals surface area contributed by atoms with Crippen molar-refractivity contribution in [1.29, 1.82) is 0 Å². The van der Waals surface area contributed by atoms with Gasteiger partial charge in [-0.05, 0) is 56.8 Å². The molecule has 24 heavy (non-hydrogen) atoms. The summed E-state index contributed by atoms with van der Waals surface area (Å²) in [6.45, 7) is 4.29. The number of piperidine rings is 1.